The molecule has 1 N–H and O–H groups in total. The van der Waals surface area contributed by atoms with Gasteiger partial charge in [-0.1, -0.05) is 19.9 Å². The molecule has 0 bridgehead atoms. The van der Waals surface area contributed by atoms with Crippen molar-refractivity contribution in [1.29, 1.82) is 0 Å². The SMILES string of the molecule is CC(C)Cc1c(NC(=O)c2cccc(-c3ccncc3)n2)ccc2nc(N3CCOCC3)oc12. The highest BCUT2D eigenvalue weighted by Crippen LogP contribution is 2.32. The number of aromatic nitrogens is 3. The second-order valence-electron chi connectivity index (χ2n) is 8.73. The number of pyridine rings is 2. The van der Waals surface area contributed by atoms with E-state index in [9.17, 15) is 4.79 Å². The average molecular weight is 458 g/mol. The molecule has 4 aromatic rings. The van der Waals surface area contributed by atoms with Crippen molar-refractivity contribution >= 4 is 28.7 Å². The molecule has 0 aliphatic carbocycles. The van der Waals surface area contributed by atoms with Crippen LogP contribution >= 0.6 is 0 Å². The van der Waals surface area contributed by atoms with Crippen LogP contribution in [0.3, 0.4) is 0 Å². The Morgan fingerprint density at radius 2 is 1.85 bits per heavy atom. The van der Waals surface area contributed by atoms with Crippen LogP contribution in [0.4, 0.5) is 11.7 Å². The monoisotopic (exact) mass is 457 g/mol. The second kappa shape index (κ2) is 9.61. The molecule has 1 aromatic carbocycles. The summed E-state index contributed by atoms with van der Waals surface area (Å²) in [5.41, 5.74) is 5.13. The summed E-state index contributed by atoms with van der Waals surface area (Å²) in [6, 6.07) is 13.6. The van der Waals surface area contributed by atoms with E-state index in [4.69, 9.17) is 14.1 Å². The molecule has 1 fully saturated rings. The lowest BCUT2D eigenvalue weighted by molar-refractivity contribution is 0.102. The highest BCUT2D eigenvalue weighted by Gasteiger charge is 2.21. The number of hydrogen-bond donors (Lipinski definition) is 1. The Morgan fingerprint density at radius 1 is 1.06 bits per heavy atom. The third-order valence-corrected chi connectivity index (χ3v) is 5.75. The molecule has 1 amide bonds. The van der Waals surface area contributed by atoms with Crippen molar-refractivity contribution in [1.82, 2.24) is 15.0 Å². The van der Waals surface area contributed by atoms with Crippen molar-refractivity contribution in [3.63, 3.8) is 0 Å². The van der Waals surface area contributed by atoms with Crippen molar-refractivity contribution in [2.45, 2.75) is 20.3 Å². The quantitative estimate of drug-likeness (QED) is 0.453. The van der Waals surface area contributed by atoms with E-state index in [1.54, 1.807) is 18.5 Å². The number of ether oxygens (including phenoxy) is 1. The van der Waals surface area contributed by atoms with Gasteiger partial charge in [-0.2, -0.15) is 4.98 Å². The van der Waals surface area contributed by atoms with Gasteiger partial charge in [-0.25, -0.2) is 4.98 Å². The summed E-state index contributed by atoms with van der Waals surface area (Å²) in [4.78, 5) is 28.6. The maximum absolute atomic E-state index is 13.2. The Kier molecular flexibility index (Phi) is 6.22. The largest absolute Gasteiger partial charge is 0.423 e. The van der Waals surface area contributed by atoms with E-state index >= 15 is 0 Å². The number of rotatable bonds is 6. The van der Waals surface area contributed by atoms with Gasteiger partial charge < -0.3 is 19.4 Å². The van der Waals surface area contributed by atoms with Gasteiger partial charge in [-0.05, 0) is 48.7 Å². The molecular formula is C26H27N5O3. The van der Waals surface area contributed by atoms with Crippen LogP contribution in [0.25, 0.3) is 22.4 Å². The van der Waals surface area contributed by atoms with Crippen molar-refractivity contribution < 1.29 is 13.9 Å². The van der Waals surface area contributed by atoms with Crippen LogP contribution in [0.5, 0.6) is 0 Å². The first-order chi connectivity index (χ1) is 16.6. The highest BCUT2D eigenvalue weighted by molar-refractivity contribution is 6.04. The number of anilines is 2. The molecule has 0 spiro atoms. The molecule has 0 atom stereocenters. The third-order valence-electron chi connectivity index (χ3n) is 5.75. The number of carbonyl (C=O) groups is 1. The fourth-order valence-electron chi connectivity index (χ4n) is 4.08. The number of morpholine rings is 1. The summed E-state index contributed by atoms with van der Waals surface area (Å²) in [5.74, 6) is 0.0968. The maximum atomic E-state index is 13.2. The van der Waals surface area contributed by atoms with Crippen molar-refractivity contribution in [2.75, 3.05) is 36.5 Å². The van der Waals surface area contributed by atoms with Crippen LogP contribution in [0, 0.1) is 5.92 Å². The fraction of sp³-hybridized carbons (Fsp3) is 0.308. The van der Waals surface area contributed by atoms with E-state index in [-0.39, 0.29) is 5.91 Å². The van der Waals surface area contributed by atoms with E-state index in [0.29, 0.717) is 42.1 Å². The van der Waals surface area contributed by atoms with E-state index in [1.165, 1.54) is 0 Å². The van der Waals surface area contributed by atoms with Crippen LogP contribution in [0.1, 0.15) is 29.9 Å². The van der Waals surface area contributed by atoms with Gasteiger partial charge in [0.15, 0.2) is 5.58 Å². The fourth-order valence-corrected chi connectivity index (χ4v) is 4.08. The molecule has 174 valence electrons. The Morgan fingerprint density at radius 3 is 2.62 bits per heavy atom. The number of fused-ring (bicyclic) bond motifs is 1. The first kappa shape index (κ1) is 22.0. The maximum Gasteiger partial charge on any atom is 0.298 e. The summed E-state index contributed by atoms with van der Waals surface area (Å²) in [6.45, 7) is 7.09. The highest BCUT2D eigenvalue weighted by atomic mass is 16.5. The number of nitrogens with one attached hydrogen (secondary N) is 1. The normalized spacial score (nSPS) is 14.0. The molecule has 0 radical (unpaired) electrons. The molecule has 0 saturated carbocycles. The molecule has 5 rings (SSSR count). The van der Waals surface area contributed by atoms with Gasteiger partial charge in [0.25, 0.3) is 11.9 Å². The van der Waals surface area contributed by atoms with Gasteiger partial charge in [-0.15, -0.1) is 0 Å². The average Bonchev–Trinajstić information content (AvgIpc) is 3.31. The minimum Gasteiger partial charge on any atom is -0.423 e. The Labute approximate surface area is 198 Å². The predicted octanol–water partition coefficient (Wildman–Crippen LogP) is 4.57. The van der Waals surface area contributed by atoms with Crippen molar-refractivity contribution in [3.8, 4) is 11.3 Å². The third kappa shape index (κ3) is 4.63. The number of hydrogen-bond acceptors (Lipinski definition) is 7. The minimum atomic E-state index is -0.270. The minimum absolute atomic E-state index is 0.270. The Hall–Kier alpha value is -3.78. The Balaban J connectivity index is 1.46. The van der Waals surface area contributed by atoms with Crippen molar-refractivity contribution in [3.05, 3.63) is 66.1 Å². The number of carbonyl (C=O) groups excluding carboxylic acids is 1. The van der Waals surface area contributed by atoms with Crippen LogP contribution in [0.15, 0.2) is 59.3 Å². The summed E-state index contributed by atoms with van der Waals surface area (Å²) < 4.78 is 11.7. The summed E-state index contributed by atoms with van der Waals surface area (Å²) in [6.07, 6.45) is 4.16. The zero-order valence-electron chi connectivity index (χ0n) is 19.3. The van der Waals surface area contributed by atoms with Crippen LogP contribution in [-0.2, 0) is 11.2 Å². The first-order valence-electron chi connectivity index (χ1n) is 11.5. The van der Waals surface area contributed by atoms with Gasteiger partial charge >= 0.3 is 0 Å². The predicted molar refractivity (Wildman–Crippen MR) is 131 cm³/mol. The molecule has 4 heterocycles. The molecule has 8 heteroatoms. The summed E-state index contributed by atoms with van der Waals surface area (Å²) in [5, 5.41) is 3.06. The van der Waals surface area contributed by atoms with Crippen LogP contribution < -0.4 is 10.2 Å². The van der Waals surface area contributed by atoms with Gasteiger partial charge in [0.2, 0.25) is 0 Å². The number of nitrogens with zero attached hydrogens (tertiary/aromatic N) is 4. The van der Waals surface area contributed by atoms with E-state index in [2.05, 4.69) is 34.0 Å². The molecule has 1 saturated heterocycles. The number of oxazole rings is 1. The molecule has 1 aliphatic rings. The summed E-state index contributed by atoms with van der Waals surface area (Å²) >= 11 is 0. The second-order valence-corrected chi connectivity index (χ2v) is 8.73. The molecule has 0 unspecified atom stereocenters. The number of benzene rings is 1. The van der Waals surface area contributed by atoms with Crippen LogP contribution in [-0.4, -0.2) is 47.2 Å². The smallest absolute Gasteiger partial charge is 0.298 e. The molecule has 1 aliphatic heterocycles. The van der Waals surface area contributed by atoms with Gasteiger partial charge in [0.05, 0.1) is 18.9 Å². The zero-order valence-corrected chi connectivity index (χ0v) is 19.3. The lowest BCUT2D eigenvalue weighted by atomic mass is 10.00. The van der Waals surface area contributed by atoms with E-state index in [0.717, 1.165) is 41.8 Å². The first-order valence-corrected chi connectivity index (χ1v) is 11.5. The summed E-state index contributed by atoms with van der Waals surface area (Å²) in [7, 11) is 0. The lowest BCUT2D eigenvalue weighted by Gasteiger charge is -2.24. The molecule has 3 aromatic heterocycles. The van der Waals surface area contributed by atoms with Gasteiger partial charge in [-0.3, -0.25) is 9.78 Å². The van der Waals surface area contributed by atoms with Crippen LogP contribution in [0.2, 0.25) is 0 Å². The number of amides is 1. The van der Waals surface area contributed by atoms with Crippen molar-refractivity contribution in [2.24, 2.45) is 5.92 Å². The Bertz CT molecular complexity index is 1300. The van der Waals surface area contributed by atoms with Gasteiger partial charge in [0, 0.05) is 42.3 Å². The molecule has 8 nitrogen and oxygen atoms in total. The zero-order chi connectivity index (χ0) is 23.5. The molecule has 34 heavy (non-hydrogen) atoms. The standard InChI is InChI=1S/C26H27N5O3/c1-17(2)16-19-21(6-7-22-24(19)34-26(30-22)31-12-14-33-15-13-31)29-25(32)23-5-3-4-20(28-23)18-8-10-27-11-9-18/h3-11,17H,12-16H2,1-2H3,(H,29,32). The topological polar surface area (TPSA) is 93.4 Å². The van der Waals surface area contributed by atoms with Gasteiger partial charge in [0.1, 0.15) is 11.2 Å². The van der Waals surface area contributed by atoms with E-state index in [1.807, 2.05) is 36.4 Å². The lowest BCUT2D eigenvalue weighted by Crippen LogP contribution is -2.36. The molecular weight excluding hydrogens is 430 g/mol. The van der Waals surface area contributed by atoms with E-state index < -0.39 is 0 Å².